The number of ether oxygens (including phenoxy) is 1. The molecule has 1 aromatic carbocycles. The fourth-order valence-corrected chi connectivity index (χ4v) is 2.89. The quantitative estimate of drug-likeness (QED) is 0.832. The van der Waals surface area contributed by atoms with Gasteiger partial charge in [-0.15, -0.1) is 0 Å². The van der Waals surface area contributed by atoms with Crippen LogP contribution < -0.4 is 0 Å². The predicted molar refractivity (Wildman–Crippen MR) is 71.9 cm³/mol. The van der Waals surface area contributed by atoms with Crippen LogP contribution in [0.4, 0.5) is 0 Å². The summed E-state index contributed by atoms with van der Waals surface area (Å²) < 4.78 is 8.13. The summed E-state index contributed by atoms with van der Waals surface area (Å²) in [7, 11) is 0. The number of phenolic OH excluding ortho intramolecular Hbond substituents is 1. The van der Waals surface area contributed by atoms with Gasteiger partial charge in [0, 0.05) is 23.8 Å². The van der Waals surface area contributed by atoms with Gasteiger partial charge in [-0.2, -0.15) is 0 Å². The molecule has 3 heteroatoms. The molecule has 18 heavy (non-hydrogen) atoms. The van der Waals surface area contributed by atoms with Crippen molar-refractivity contribution in [1.29, 1.82) is 0 Å². The third-order valence-electron chi connectivity index (χ3n) is 3.99. The smallest absolute Gasteiger partial charge is 0.134 e. The van der Waals surface area contributed by atoms with E-state index in [1.807, 2.05) is 12.1 Å². The molecule has 1 fully saturated rings. The first-order chi connectivity index (χ1) is 8.68. The number of phenols is 1. The van der Waals surface area contributed by atoms with Crippen LogP contribution in [0.5, 0.6) is 5.75 Å². The lowest BCUT2D eigenvalue weighted by Gasteiger charge is -2.26. The average Bonchev–Trinajstić information content (AvgIpc) is 2.63. The number of aromatic hydroxyl groups is 1. The molecule has 2 heterocycles. The Bertz CT molecular complexity index is 580. The number of aromatic nitrogens is 1. The number of fused-ring (bicyclic) bond motifs is 1. The minimum atomic E-state index is 0.122. The van der Waals surface area contributed by atoms with Gasteiger partial charge in [0.1, 0.15) is 12.0 Å². The van der Waals surface area contributed by atoms with E-state index in [1.165, 1.54) is 23.1 Å². The molecule has 96 valence electrons. The van der Waals surface area contributed by atoms with E-state index in [9.17, 15) is 5.11 Å². The zero-order valence-electron chi connectivity index (χ0n) is 10.9. The molecule has 0 amide bonds. The summed E-state index contributed by atoms with van der Waals surface area (Å²) in [6.45, 7) is 5.10. The van der Waals surface area contributed by atoms with Crippen molar-refractivity contribution in [2.45, 2.75) is 39.3 Å². The van der Waals surface area contributed by atoms with E-state index in [4.69, 9.17) is 4.74 Å². The second-order valence-corrected chi connectivity index (χ2v) is 5.10. The number of hydrogen-bond donors (Lipinski definition) is 1. The molecule has 0 radical (unpaired) electrons. The summed E-state index contributed by atoms with van der Waals surface area (Å²) >= 11 is 0. The van der Waals surface area contributed by atoms with Crippen molar-refractivity contribution in [1.82, 2.24) is 4.57 Å². The van der Waals surface area contributed by atoms with Crippen LogP contribution in [0.25, 0.3) is 10.9 Å². The molecule has 1 unspecified atom stereocenters. The molecule has 1 aliphatic rings. The van der Waals surface area contributed by atoms with Gasteiger partial charge in [-0.25, -0.2) is 0 Å². The number of aryl methyl sites for hydroxylation is 1. The number of rotatable bonds is 1. The number of nitrogens with zero attached hydrogens (tertiary/aromatic N) is 1. The first kappa shape index (κ1) is 11.6. The Hall–Kier alpha value is -1.48. The predicted octanol–water partition coefficient (Wildman–Crippen LogP) is 3.66. The standard InChI is InChI=1S/C15H19NO2/c1-10-11(2)16(15-5-3-4-8-18-15)14-9-12(17)6-7-13(10)14/h6-7,9,15,17H,3-5,8H2,1-2H3. The summed E-state index contributed by atoms with van der Waals surface area (Å²) in [6, 6.07) is 5.58. The monoisotopic (exact) mass is 245 g/mol. The maximum Gasteiger partial charge on any atom is 0.134 e. The van der Waals surface area contributed by atoms with Crippen molar-refractivity contribution in [2.24, 2.45) is 0 Å². The molecule has 0 saturated carbocycles. The second-order valence-electron chi connectivity index (χ2n) is 5.10. The minimum Gasteiger partial charge on any atom is -0.508 e. The van der Waals surface area contributed by atoms with Crippen LogP contribution in [0.3, 0.4) is 0 Å². The van der Waals surface area contributed by atoms with Crippen molar-refractivity contribution >= 4 is 10.9 Å². The van der Waals surface area contributed by atoms with E-state index in [0.29, 0.717) is 5.75 Å². The van der Waals surface area contributed by atoms with Gasteiger partial charge >= 0.3 is 0 Å². The maximum atomic E-state index is 9.70. The first-order valence-electron chi connectivity index (χ1n) is 6.60. The van der Waals surface area contributed by atoms with Crippen LogP contribution in [0, 0.1) is 13.8 Å². The SMILES string of the molecule is Cc1c(C)n(C2CCCCO2)c2cc(O)ccc12. The molecule has 3 rings (SSSR count). The van der Waals surface area contributed by atoms with E-state index in [-0.39, 0.29) is 6.23 Å². The summed E-state index contributed by atoms with van der Waals surface area (Å²) in [4.78, 5) is 0. The van der Waals surface area contributed by atoms with Gasteiger partial charge < -0.3 is 14.4 Å². The van der Waals surface area contributed by atoms with Gasteiger partial charge in [0.25, 0.3) is 0 Å². The summed E-state index contributed by atoms with van der Waals surface area (Å²) in [5.41, 5.74) is 3.60. The molecule has 2 aromatic rings. The molecular formula is C15H19NO2. The summed E-state index contributed by atoms with van der Waals surface area (Å²) in [6.07, 6.45) is 3.54. The molecule has 0 spiro atoms. The maximum absolute atomic E-state index is 9.70. The summed E-state index contributed by atoms with van der Waals surface area (Å²) in [5, 5.41) is 10.9. The van der Waals surface area contributed by atoms with Gasteiger partial charge in [0.15, 0.2) is 0 Å². The van der Waals surface area contributed by atoms with Gasteiger partial charge in [0.2, 0.25) is 0 Å². The second kappa shape index (κ2) is 4.32. The van der Waals surface area contributed by atoms with Gasteiger partial charge in [-0.3, -0.25) is 0 Å². The molecule has 1 N–H and O–H groups in total. The van der Waals surface area contributed by atoms with E-state index in [1.54, 1.807) is 6.07 Å². The Morgan fingerprint density at radius 1 is 1.28 bits per heavy atom. The number of benzene rings is 1. The molecular weight excluding hydrogens is 226 g/mol. The van der Waals surface area contributed by atoms with Crippen molar-refractivity contribution in [3.63, 3.8) is 0 Å². The Morgan fingerprint density at radius 2 is 2.11 bits per heavy atom. The van der Waals surface area contributed by atoms with Gasteiger partial charge in [0.05, 0.1) is 5.52 Å². The van der Waals surface area contributed by atoms with E-state index in [2.05, 4.69) is 18.4 Å². The van der Waals surface area contributed by atoms with Crippen LogP contribution in [-0.4, -0.2) is 16.3 Å². The van der Waals surface area contributed by atoms with Crippen LogP contribution in [0.2, 0.25) is 0 Å². The largest absolute Gasteiger partial charge is 0.508 e. The molecule has 1 aromatic heterocycles. The van der Waals surface area contributed by atoms with E-state index in [0.717, 1.165) is 25.0 Å². The zero-order valence-corrected chi connectivity index (χ0v) is 10.9. The Balaban J connectivity index is 2.20. The minimum absolute atomic E-state index is 0.122. The van der Waals surface area contributed by atoms with Gasteiger partial charge in [-0.1, -0.05) is 0 Å². The third-order valence-corrected chi connectivity index (χ3v) is 3.99. The molecule has 1 atom stereocenters. The normalized spacial score (nSPS) is 20.4. The fourth-order valence-electron chi connectivity index (χ4n) is 2.89. The molecule has 1 aliphatic heterocycles. The highest BCUT2D eigenvalue weighted by Gasteiger charge is 2.21. The van der Waals surface area contributed by atoms with Crippen LogP contribution in [0.15, 0.2) is 18.2 Å². The topological polar surface area (TPSA) is 34.4 Å². The Kier molecular flexibility index (Phi) is 2.78. The molecule has 1 saturated heterocycles. The Morgan fingerprint density at radius 3 is 2.83 bits per heavy atom. The van der Waals surface area contributed by atoms with Gasteiger partial charge in [-0.05, 0) is 50.8 Å². The van der Waals surface area contributed by atoms with Crippen molar-refractivity contribution < 1.29 is 9.84 Å². The highest BCUT2D eigenvalue weighted by atomic mass is 16.5. The Labute approximate surface area is 107 Å². The number of hydrogen-bond acceptors (Lipinski definition) is 2. The molecule has 0 aliphatic carbocycles. The van der Waals surface area contributed by atoms with Crippen LogP contribution >= 0.6 is 0 Å². The average molecular weight is 245 g/mol. The first-order valence-corrected chi connectivity index (χ1v) is 6.60. The zero-order chi connectivity index (χ0) is 12.7. The van der Waals surface area contributed by atoms with E-state index >= 15 is 0 Å². The molecule has 0 bridgehead atoms. The highest BCUT2D eigenvalue weighted by molar-refractivity contribution is 5.86. The van der Waals surface area contributed by atoms with E-state index < -0.39 is 0 Å². The third kappa shape index (κ3) is 1.70. The molecule has 3 nitrogen and oxygen atoms in total. The fraction of sp³-hybridized carbons (Fsp3) is 0.467. The summed E-state index contributed by atoms with van der Waals surface area (Å²) in [5.74, 6) is 0.317. The van der Waals surface area contributed by atoms with Crippen molar-refractivity contribution in [3.8, 4) is 5.75 Å². The van der Waals surface area contributed by atoms with Crippen molar-refractivity contribution in [2.75, 3.05) is 6.61 Å². The lowest BCUT2D eigenvalue weighted by Crippen LogP contribution is -2.18. The van der Waals surface area contributed by atoms with Crippen molar-refractivity contribution in [3.05, 3.63) is 29.5 Å². The highest BCUT2D eigenvalue weighted by Crippen LogP contribution is 2.34. The van der Waals surface area contributed by atoms with Crippen LogP contribution in [0.1, 0.15) is 36.7 Å². The lowest BCUT2D eigenvalue weighted by atomic mass is 10.1. The van der Waals surface area contributed by atoms with Crippen LogP contribution in [-0.2, 0) is 4.74 Å². The lowest BCUT2D eigenvalue weighted by molar-refractivity contribution is -0.0302.